The second-order valence-electron chi connectivity index (χ2n) is 2.72. The molecular weight excluding hydrogens is 224 g/mol. The number of aliphatic hydroxyl groups excluding tert-OH is 1. The molecule has 0 radical (unpaired) electrons. The molecule has 0 spiro atoms. The largest absolute Gasteiger partial charge is 0.396 e. The molecule has 0 amide bonds. The molecule has 0 saturated heterocycles. The van der Waals surface area contributed by atoms with E-state index >= 15 is 0 Å². The van der Waals surface area contributed by atoms with Gasteiger partial charge in [0.1, 0.15) is 0 Å². The van der Waals surface area contributed by atoms with E-state index in [9.17, 15) is 0 Å². The summed E-state index contributed by atoms with van der Waals surface area (Å²) in [4.78, 5) is 1.33. The average Bonchev–Trinajstić information content (AvgIpc) is 2.35. The molecule has 0 aliphatic carbocycles. The van der Waals surface area contributed by atoms with Crippen molar-refractivity contribution in [1.29, 1.82) is 0 Å². The monoisotopic (exact) mass is 234 g/mol. The molecular formula is C8H11BrOS. The Labute approximate surface area is 79.2 Å². The third kappa shape index (κ3) is 2.93. The Morgan fingerprint density at radius 3 is 2.91 bits per heavy atom. The molecule has 0 saturated carbocycles. The van der Waals surface area contributed by atoms with Crippen molar-refractivity contribution in [2.45, 2.75) is 13.3 Å². The van der Waals surface area contributed by atoms with Crippen molar-refractivity contribution in [3.05, 3.63) is 20.8 Å². The minimum absolute atomic E-state index is 0.273. The van der Waals surface area contributed by atoms with E-state index in [1.54, 1.807) is 11.3 Å². The molecule has 62 valence electrons. The number of aliphatic hydroxyl groups is 1. The van der Waals surface area contributed by atoms with Gasteiger partial charge in [-0.2, -0.15) is 0 Å². The zero-order chi connectivity index (χ0) is 8.27. The topological polar surface area (TPSA) is 20.2 Å². The summed E-state index contributed by atoms with van der Waals surface area (Å²) in [7, 11) is 0. The number of halogens is 1. The Balaban J connectivity index is 2.50. The predicted molar refractivity (Wildman–Crippen MR) is 52.0 cm³/mol. The van der Waals surface area contributed by atoms with Gasteiger partial charge in [0.25, 0.3) is 0 Å². The van der Waals surface area contributed by atoms with Crippen molar-refractivity contribution < 1.29 is 5.11 Å². The maximum absolute atomic E-state index is 8.80. The highest BCUT2D eigenvalue weighted by atomic mass is 79.9. The summed E-state index contributed by atoms with van der Waals surface area (Å²) in [6.07, 6.45) is 0.979. The van der Waals surface area contributed by atoms with Gasteiger partial charge in [0.2, 0.25) is 0 Å². The lowest BCUT2D eigenvalue weighted by Gasteiger charge is -2.03. The van der Waals surface area contributed by atoms with Gasteiger partial charge in [-0.1, -0.05) is 6.92 Å². The number of rotatable bonds is 3. The normalized spacial score (nSPS) is 13.4. The lowest BCUT2D eigenvalue weighted by Crippen LogP contribution is -2.02. The van der Waals surface area contributed by atoms with Crippen molar-refractivity contribution in [3.63, 3.8) is 0 Å². The summed E-state index contributed by atoms with van der Waals surface area (Å²) in [6, 6.07) is 2.11. The molecule has 0 aliphatic rings. The number of thiophene rings is 1. The smallest absolute Gasteiger partial charge is 0.0460 e. The van der Waals surface area contributed by atoms with Gasteiger partial charge >= 0.3 is 0 Å². The fourth-order valence-corrected chi connectivity index (χ4v) is 2.48. The molecule has 11 heavy (non-hydrogen) atoms. The summed E-state index contributed by atoms with van der Waals surface area (Å²) in [5.74, 6) is 0.376. The van der Waals surface area contributed by atoms with E-state index in [-0.39, 0.29) is 6.61 Å². The average molecular weight is 235 g/mol. The van der Waals surface area contributed by atoms with E-state index in [1.807, 2.05) is 6.92 Å². The molecule has 3 heteroatoms. The molecule has 0 aliphatic heterocycles. The van der Waals surface area contributed by atoms with Crippen molar-refractivity contribution in [2.24, 2.45) is 5.92 Å². The number of hydrogen-bond acceptors (Lipinski definition) is 2. The molecule has 1 aromatic heterocycles. The molecule has 1 N–H and O–H groups in total. The molecule has 0 fully saturated rings. The van der Waals surface area contributed by atoms with Crippen molar-refractivity contribution >= 4 is 27.3 Å². The van der Waals surface area contributed by atoms with E-state index in [0.29, 0.717) is 5.92 Å². The quantitative estimate of drug-likeness (QED) is 0.853. The Bertz CT molecular complexity index is 222. The lowest BCUT2D eigenvalue weighted by atomic mass is 10.1. The zero-order valence-electron chi connectivity index (χ0n) is 6.38. The molecule has 1 aromatic rings. The first kappa shape index (κ1) is 9.23. The minimum Gasteiger partial charge on any atom is -0.396 e. The molecule has 1 unspecified atom stereocenters. The molecule has 1 rings (SSSR count). The standard InChI is InChI=1S/C8H11BrOS/c1-6(4-10)2-8-3-7(9)5-11-8/h3,5-6,10H,2,4H2,1H3. The summed E-state index contributed by atoms with van der Waals surface area (Å²) in [5.41, 5.74) is 0. The summed E-state index contributed by atoms with van der Waals surface area (Å²) in [5, 5.41) is 10.9. The van der Waals surface area contributed by atoms with Gasteiger partial charge in [-0.3, -0.25) is 0 Å². The van der Waals surface area contributed by atoms with Gasteiger partial charge in [0.15, 0.2) is 0 Å². The zero-order valence-corrected chi connectivity index (χ0v) is 8.78. The van der Waals surface area contributed by atoms with Crippen LogP contribution in [0.1, 0.15) is 11.8 Å². The SMILES string of the molecule is CC(CO)Cc1cc(Br)cs1. The van der Waals surface area contributed by atoms with Crippen LogP contribution in [-0.4, -0.2) is 11.7 Å². The highest BCUT2D eigenvalue weighted by molar-refractivity contribution is 9.10. The van der Waals surface area contributed by atoms with Crippen LogP contribution in [0.2, 0.25) is 0 Å². The van der Waals surface area contributed by atoms with Crippen LogP contribution in [0.3, 0.4) is 0 Å². The highest BCUT2D eigenvalue weighted by Crippen LogP contribution is 2.22. The van der Waals surface area contributed by atoms with Gasteiger partial charge in [-0.05, 0) is 34.3 Å². The van der Waals surface area contributed by atoms with E-state index in [1.165, 1.54) is 4.88 Å². The molecule has 0 bridgehead atoms. The van der Waals surface area contributed by atoms with E-state index < -0.39 is 0 Å². The Kier molecular flexibility index (Phi) is 3.55. The third-order valence-electron chi connectivity index (χ3n) is 1.48. The minimum atomic E-state index is 0.273. The van der Waals surface area contributed by atoms with Crippen LogP contribution in [0.25, 0.3) is 0 Å². The Morgan fingerprint density at radius 1 is 1.73 bits per heavy atom. The molecule has 1 nitrogen and oxygen atoms in total. The number of hydrogen-bond donors (Lipinski definition) is 1. The lowest BCUT2D eigenvalue weighted by molar-refractivity contribution is 0.237. The van der Waals surface area contributed by atoms with Gasteiger partial charge < -0.3 is 5.11 Å². The van der Waals surface area contributed by atoms with Gasteiger partial charge in [0, 0.05) is 21.3 Å². The van der Waals surface area contributed by atoms with Gasteiger partial charge in [-0.25, -0.2) is 0 Å². The maximum atomic E-state index is 8.80. The summed E-state index contributed by atoms with van der Waals surface area (Å²) < 4.78 is 1.14. The summed E-state index contributed by atoms with van der Waals surface area (Å²) in [6.45, 7) is 2.32. The fraction of sp³-hybridized carbons (Fsp3) is 0.500. The van der Waals surface area contributed by atoms with Crippen LogP contribution in [0, 0.1) is 5.92 Å². The van der Waals surface area contributed by atoms with Crippen LogP contribution >= 0.6 is 27.3 Å². The highest BCUT2D eigenvalue weighted by Gasteiger charge is 2.03. The first-order valence-electron chi connectivity index (χ1n) is 3.56. The second kappa shape index (κ2) is 4.24. The van der Waals surface area contributed by atoms with Crippen LogP contribution in [-0.2, 0) is 6.42 Å². The fourth-order valence-electron chi connectivity index (χ4n) is 0.869. The Hall–Kier alpha value is 0.140. The summed E-state index contributed by atoms with van der Waals surface area (Å²) >= 11 is 5.13. The van der Waals surface area contributed by atoms with Crippen molar-refractivity contribution in [3.8, 4) is 0 Å². The molecule has 1 atom stereocenters. The van der Waals surface area contributed by atoms with Crippen molar-refractivity contribution in [2.75, 3.05) is 6.61 Å². The third-order valence-corrected chi connectivity index (χ3v) is 3.20. The van der Waals surface area contributed by atoms with Gasteiger partial charge in [0.05, 0.1) is 0 Å². The molecule has 0 aromatic carbocycles. The second-order valence-corrected chi connectivity index (χ2v) is 4.63. The predicted octanol–water partition coefficient (Wildman–Crippen LogP) is 2.68. The van der Waals surface area contributed by atoms with E-state index in [2.05, 4.69) is 27.4 Å². The van der Waals surface area contributed by atoms with Crippen LogP contribution < -0.4 is 0 Å². The first-order valence-corrected chi connectivity index (χ1v) is 5.23. The van der Waals surface area contributed by atoms with E-state index in [4.69, 9.17) is 5.11 Å². The Morgan fingerprint density at radius 2 is 2.45 bits per heavy atom. The van der Waals surface area contributed by atoms with Gasteiger partial charge in [-0.15, -0.1) is 11.3 Å². The maximum Gasteiger partial charge on any atom is 0.0460 e. The molecule has 1 heterocycles. The first-order chi connectivity index (χ1) is 5.22. The van der Waals surface area contributed by atoms with Crippen LogP contribution in [0.5, 0.6) is 0 Å². The van der Waals surface area contributed by atoms with Crippen molar-refractivity contribution in [1.82, 2.24) is 0 Å². The van der Waals surface area contributed by atoms with Crippen LogP contribution in [0.4, 0.5) is 0 Å². The van der Waals surface area contributed by atoms with Crippen LogP contribution in [0.15, 0.2) is 15.9 Å². The van der Waals surface area contributed by atoms with E-state index in [0.717, 1.165) is 10.9 Å².